The smallest absolute Gasteiger partial charge is 0.351 e. The van der Waals surface area contributed by atoms with E-state index in [9.17, 15) is 14.4 Å². The van der Waals surface area contributed by atoms with Gasteiger partial charge in [0.05, 0.1) is 19.3 Å². The van der Waals surface area contributed by atoms with Crippen LogP contribution in [0.4, 0.5) is 5.82 Å². The zero-order valence-electron chi connectivity index (χ0n) is 18.8. The molecule has 1 aromatic heterocycles. The van der Waals surface area contributed by atoms with E-state index in [4.69, 9.17) is 13.8 Å². The molecule has 11 heteroatoms. The predicted molar refractivity (Wildman–Crippen MR) is 124 cm³/mol. The lowest BCUT2D eigenvalue weighted by Gasteiger charge is -2.20. The largest absolute Gasteiger partial charge is 0.436 e. The van der Waals surface area contributed by atoms with Gasteiger partial charge in [0.25, 0.3) is 0 Å². The van der Waals surface area contributed by atoms with Gasteiger partial charge in [0.1, 0.15) is 24.1 Å². The lowest BCUT2D eigenvalue weighted by atomic mass is 10.1. The molecule has 3 rings (SSSR count). The molecule has 178 valence electrons. The number of aldehydes is 1. The van der Waals surface area contributed by atoms with Crippen LogP contribution in [0.3, 0.4) is 0 Å². The third-order valence-electron chi connectivity index (χ3n) is 4.95. The monoisotopic (exact) mass is 476 g/mol. The molecule has 1 saturated heterocycles. The van der Waals surface area contributed by atoms with Crippen molar-refractivity contribution in [1.82, 2.24) is 14.6 Å². The van der Waals surface area contributed by atoms with E-state index >= 15 is 0 Å². The number of benzene rings is 1. The third-order valence-corrected chi connectivity index (χ3v) is 6.15. The highest BCUT2D eigenvalue weighted by molar-refractivity contribution is 7.45. The molecule has 1 amide bonds. The molecular formula is C22H29N4O6P. The number of aromatic nitrogens is 2. The van der Waals surface area contributed by atoms with Gasteiger partial charge in [-0.3, -0.25) is 9.36 Å². The van der Waals surface area contributed by atoms with Crippen molar-refractivity contribution in [2.75, 3.05) is 18.5 Å². The Labute approximate surface area is 193 Å². The molecule has 0 spiro atoms. The van der Waals surface area contributed by atoms with Crippen LogP contribution in [0.5, 0.6) is 5.75 Å². The van der Waals surface area contributed by atoms with Gasteiger partial charge in [-0.2, -0.15) is 4.98 Å². The lowest BCUT2D eigenvalue weighted by molar-refractivity contribution is -0.119. The van der Waals surface area contributed by atoms with E-state index in [2.05, 4.69) is 15.4 Å². The topological polar surface area (TPSA) is 121 Å². The zero-order chi connectivity index (χ0) is 23.8. The fourth-order valence-electron chi connectivity index (χ4n) is 3.26. The molecule has 1 aliphatic heterocycles. The third kappa shape index (κ3) is 7.17. The summed E-state index contributed by atoms with van der Waals surface area (Å²) < 4.78 is 19.2. The molecular weight excluding hydrogens is 447 g/mol. The summed E-state index contributed by atoms with van der Waals surface area (Å²) in [4.78, 5) is 39.1. The first-order valence-electron chi connectivity index (χ1n) is 10.8. The van der Waals surface area contributed by atoms with Gasteiger partial charge in [0, 0.05) is 18.0 Å². The van der Waals surface area contributed by atoms with Crippen LogP contribution in [0.25, 0.3) is 0 Å². The Morgan fingerprint density at radius 2 is 2.09 bits per heavy atom. The van der Waals surface area contributed by atoms with Crippen LogP contribution in [0, 0.1) is 11.8 Å². The Morgan fingerprint density at radius 1 is 1.33 bits per heavy atom. The van der Waals surface area contributed by atoms with Gasteiger partial charge in [-0.25, -0.2) is 9.88 Å². The summed E-state index contributed by atoms with van der Waals surface area (Å²) in [6.07, 6.45) is 2.22. The van der Waals surface area contributed by atoms with Gasteiger partial charge in [-0.1, -0.05) is 39.0 Å². The van der Waals surface area contributed by atoms with Crippen LogP contribution in [0.1, 0.15) is 33.4 Å². The van der Waals surface area contributed by atoms with Crippen LogP contribution >= 0.6 is 8.53 Å². The maximum absolute atomic E-state index is 12.5. The van der Waals surface area contributed by atoms with Crippen molar-refractivity contribution in [1.29, 1.82) is 0 Å². The number of rotatable bonds is 11. The van der Waals surface area contributed by atoms with Crippen LogP contribution in [-0.4, -0.2) is 41.0 Å². The van der Waals surface area contributed by atoms with E-state index in [1.165, 1.54) is 4.57 Å². The number of para-hydroxylation sites is 1. The number of ether oxygens (including phenoxy) is 1. The summed E-state index contributed by atoms with van der Waals surface area (Å²) in [6.45, 7) is 5.84. The molecule has 2 aromatic rings. The van der Waals surface area contributed by atoms with E-state index in [0.717, 1.165) is 6.29 Å². The summed E-state index contributed by atoms with van der Waals surface area (Å²) in [5, 5.41) is 5.55. The molecule has 0 aliphatic carbocycles. The maximum atomic E-state index is 12.5. The zero-order valence-corrected chi connectivity index (χ0v) is 19.7. The molecule has 33 heavy (non-hydrogen) atoms. The van der Waals surface area contributed by atoms with Crippen molar-refractivity contribution in [3.05, 3.63) is 53.1 Å². The molecule has 0 bridgehead atoms. The fourth-order valence-corrected chi connectivity index (χ4v) is 4.30. The van der Waals surface area contributed by atoms with E-state index in [1.807, 2.05) is 25.1 Å². The SMILES string of the molecule is CC(C)C(=O)Nc1ccn([C@@H]2O[C@H](COP(NCC=O)Oc3ccccc3)C[C@@H]2C)c(=O)n1. The predicted octanol–water partition coefficient (Wildman–Crippen LogP) is 2.87. The number of carbonyl (C=O) groups excluding carboxylic acids is 2. The molecule has 2 N–H and O–H groups in total. The molecule has 1 unspecified atom stereocenters. The number of anilines is 1. The minimum absolute atomic E-state index is 0.0402. The van der Waals surface area contributed by atoms with Crippen molar-refractivity contribution in [3.63, 3.8) is 0 Å². The first-order chi connectivity index (χ1) is 15.9. The number of nitrogens with one attached hydrogen (secondary N) is 2. The molecule has 2 heterocycles. The average molecular weight is 476 g/mol. The van der Waals surface area contributed by atoms with Gasteiger partial charge in [0.15, 0.2) is 0 Å². The van der Waals surface area contributed by atoms with Gasteiger partial charge < -0.3 is 23.9 Å². The van der Waals surface area contributed by atoms with Crippen molar-refractivity contribution in [3.8, 4) is 5.75 Å². The molecule has 1 fully saturated rings. The quantitative estimate of drug-likeness (QED) is 0.375. The molecule has 0 saturated carbocycles. The number of hydrogen-bond acceptors (Lipinski definition) is 8. The molecule has 4 atom stereocenters. The van der Waals surface area contributed by atoms with Crippen molar-refractivity contribution in [2.45, 2.75) is 39.5 Å². The van der Waals surface area contributed by atoms with Crippen LogP contribution < -0.4 is 20.6 Å². The number of carbonyl (C=O) groups is 2. The van der Waals surface area contributed by atoms with Gasteiger partial charge in [-0.15, -0.1) is 0 Å². The average Bonchev–Trinajstić information content (AvgIpc) is 3.16. The van der Waals surface area contributed by atoms with E-state index < -0.39 is 20.4 Å². The summed E-state index contributed by atoms with van der Waals surface area (Å²) >= 11 is 0. The standard InChI is InChI=1S/C22H29N4O6P/c1-15(2)20(28)24-19-9-11-26(22(29)25-19)21-16(3)13-18(31-21)14-30-33(23-10-12-27)32-17-7-5-4-6-8-17/h4-9,11-12,15-16,18,21,23H,10,13-14H2,1-3H3,(H,24,25,28,29)/t16-,18-,21+,33?/m0/s1. The molecule has 10 nitrogen and oxygen atoms in total. The second kappa shape index (κ2) is 12.0. The van der Waals surface area contributed by atoms with E-state index in [-0.39, 0.29) is 42.8 Å². The maximum Gasteiger partial charge on any atom is 0.351 e. The van der Waals surface area contributed by atoms with E-state index in [1.54, 1.807) is 38.2 Å². The number of nitrogens with zero attached hydrogens (tertiary/aromatic N) is 2. The highest BCUT2D eigenvalue weighted by Gasteiger charge is 2.35. The van der Waals surface area contributed by atoms with Gasteiger partial charge >= 0.3 is 14.2 Å². The molecule has 1 aliphatic rings. The fraction of sp³-hybridized carbons (Fsp3) is 0.455. The highest BCUT2D eigenvalue weighted by atomic mass is 31.2. The Bertz CT molecular complexity index is 986. The first-order valence-corrected chi connectivity index (χ1v) is 11.9. The summed E-state index contributed by atoms with van der Waals surface area (Å²) in [6, 6.07) is 10.8. The van der Waals surface area contributed by atoms with Crippen LogP contribution in [-0.2, 0) is 18.8 Å². The second-order valence-corrected chi connectivity index (χ2v) is 9.27. The van der Waals surface area contributed by atoms with Crippen molar-refractivity contribution < 1.29 is 23.4 Å². The Morgan fingerprint density at radius 3 is 2.76 bits per heavy atom. The summed E-state index contributed by atoms with van der Waals surface area (Å²) in [7, 11) is -1.55. The Balaban J connectivity index is 1.59. The highest BCUT2D eigenvalue weighted by Crippen LogP contribution is 2.38. The van der Waals surface area contributed by atoms with Gasteiger partial charge in [-0.05, 0) is 24.6 Å². The number of hydrogen-bond donors (Lipinski definition) is 2. The summed E-state index contributed by atoms with van der Waals surface area (Å²) in [5.41, 5.74) is -0.503. The van der Waals surface area contributed by atoms with Crippen molar-refractivity contribution >= 4 is 26.5 Å². The Hall–Kier alpha value is -2.65. The number of amides is 1. The lowest BCUT2D eigenvalue weighted by Crippen LogP contribution is -2.30. The van der Waals surface area contributed by atoms with Gasteiger partial charge in [0.2, 0.25) is 5.91 Å². The minimum atomic E-state index is -1.55. The van der Waals surface area contributed by atoms with Crippen LogP contribution in [0.15, 0.2) is 47.4 Å². The van der Waals surface area contributed by atoms with Crippen molar-refractivity contribution in [2.24, 2.45) is 11.8 Å². The molecule has 1 aromatic carbocycles. The second-order valence-electron chi connectivity index (χ2n) is 7.99. The van der Waals surface area contributed by atoms with Crippen LogP contribution in [0.2, 0.25) is 0 Å². The summed E-state index contributed by atoms with van der Waals surface area (Å²) in [5.74, 6) is 0.456. The normalized spacial score (nSPS) is 21.0. The minimum Gasteiger partial charge on any atom is -0.436 e. The molecule has 0 radical (unpaired) electrons. The Kier molecular flexibility index (Phi) is 9.08. The van der Waals surface area contributed by atoms with E-state index in [0.29, 0.717) is 12.2 Å². The first kappa shape index (κ1) is 25.0.